The number of benzene rings is 1. The highest BCUT2D eigenvalue weighted by Gasteiger charge is 2.23. The van der Waals surface area contributed by atoms with Gasteiger partial charge in [-0.25, -0.2) is 0 Å². The fourth-order valence-corrected chi connectivity index (χ4v) is 2.57. The van der Waals surface area contributed by atoms with Gasteiger partial charge < -0.3 is 15.1 Å². The van der Waals surface area contributed by atoms with Gasteiger partial charge in [0.05, 0.1) is 0 Å². The first-order valence-electron chi connectivity index (χ1n) is 7.90. The minimum Gasteiger partial charge on any atom is -0.355 e. The van der Waals surface area contributed by atoms with Crippen molar-refractivity contribution in [2.45, 2.75) is 19.8 Å². The van der Waals surface area contributed by atoms with Gasteiger partial charge in [-0.05, 0) is 12.0 Å². The van der Waals surface area contributed by atoms with Gasteiger partial charge in [0.25, 0.3) is 0 Å². The van der Waals surface area contributed by atoms with Gasteiger partial charge in [0.1, 0.15) is 6.42 Å². The van der Waals surface area contributed by atoms with Crippen molar-refractivity contribution in [3.8, 4) is 0 Å². The van der Waals surface area contributed by atoms with Crippen molar-refractivity contribution >= 4 is 17.7 Å². The zero-order valence-electron chi connectivity index (χ0n) is 13.5. The van der Waals surface area contributed by atoms with E-state index in [1.165, 1.54) is 6.92 Å². The molecule has 0 bridgehead atoms. The third kappa shape index (κ3) is 5.39. The summed E-state index contributed by atoms with van der Waals surface area (Å²) in [6.45, 7) is 4.12. The van der Waals surface area contributed by atoms with Crippen LogP contribution in [0.25, 0.3) is 0 Å². The summed E-state index contributed by atoms with van der Waals surface area (Å²) in [5, 5.41) is 2.78. The summed E-state index contributed by atoms with van der Waals surface area (Å²) in [6.07, 6.45) is 0.618. The monoisotopic (exact) mass is 317 g/mol. The molecular formula is C17H23N3O3. The minimum atomic E-state index is -0.250. The van der Waals surface area contributed by atoms with Crippen LogP contribution in [0.2, 0.25) is 0 Å². The van der Waals surface area contributed by atoms with E-state index in [0.717, 1.165) is 12.0 Å². The van der Waals surface area contributed by atoms with Crippen molar-refractivity contribution < 1.29 is 14.4 Å². The summed E-state index contributed by atoms with van der Waals surface area (Å²) in [7, 11) is 0. The lowest BCUT2D eigenvalue weighted by Crippen LogP contribution is -2.50. The molecule has 0 aliphatic carbocycles. The van der Waals surface area contributed by atoms with E-state index >= 15 is 0 Å². The van der Waals surface area contributed by atoms with E-state index in [1.54, 1.807) is 9.80 Å². The SMILES string of the molecule is CC(=O)N1CCN(C(=O)CC(=O)NCCc2ccccc2)CC1. The molecule has 0 aromatic heterocycles. The molecule has 0 saturated carbocycles. The molecule has 1 aromatic carbocycles. The van der Waals surface area contributed by atoms with E-state index < -0.39 is 0 Å². The van der Waals surface area contributed by atoms with Crippen LogP contribution < -0.4 is 5.32 Å². The second-order valence-corrected chi connectivity index (χ2v) is 5.65. The predicted molar refractivity (Wildman–Crippen MR) is 86.6 cm³/mol. The zero-order valence-corrected chi connectivity index (χ0v) is 13.5. The highest BCUT2D eigenvalue weighted by Crippen LogP contribution is 2.04. The molecule has 23 heavy (non-hydrogen) atoms. The number of nitrogens with zero attached hydrogens (tertiary/aromatic N) is 2. The van der Waals surface area contributed by atoms with Gasteiger partial charge >= 0.3 is 0 Å². The number of carbonyl (C=O) groups is 3. The van der Waals surface area contributed by atoms with Crippen LogP contribution >= 0.6 is 0 Å². The van der Waals surface area contributed by atoms with Gasteiger partial charge in [-0.2, -0.15) is 0 Å². The van der Waals surface area contributed by atoms with Gasteiger partial charge in [-0.15, -0.1) is 0 Å². The Hall–Kier alpha value is -2.37. The van der Waals surface area contributed by atoms with E-state index in [9.17, 15) is 14.4 Å². The number of nitrogens with one attached hydrogen (secondary N) is 1. The van der Waals surface area contributed by atoms with Crippen molar-refractivity contribution in [3.05, 3.63) is 35.9 Å². The standard InChI is InChI=1S/C17H23N3O3/c1-14(21)19-9-11-20(12-10-19)17(23)13-16(22)18-8-7-15-5-3-2-4-6-15/h2-6H,7-13H2,1H3,(H,18,22). The number of hydrogen-bond donors (Lipinski definition) is 1. The van der Waals surface area contributed by atoms with Crippen LogP contribution in [0, 0.1) is 0 Å². The van der Waals surface area contributed by atoms with Gasteiger partial charge in [-0.1, -0.05) is 30.3 Å². The van der Waals surface area contributed by atoms with E-state index in [-0.39, 0.29) is 24.1 Å². The molecule has 3 amide bonds. The average Bonchev–Trinajstić information content (AvgIpc) is 2.56. The Morgan fingerprint density at radius 2 is 1.61 bits per heavy atom. The number of hydrogen-bond acceptors (Lipinski definition) is 3. The highest BCUT2D eigenvalue weighted by atomic mass is 16.2. The molecule has 1 fully saturated rings. The smallest absolute Gasteiger partial charge is 0.232 e. The summed E-state index contributed by atoms with van der Waals surface area (Å²) in [6, 6.07) is 9.88. The lowest BCUT2D eigenvalue weighted by atomic mass is 10.1. The predicted octanol–water partition coefficient (Wildman–Crippen LogP) is 0.426. The third-order valence-electron chi connectivity index (χ3n) is 3.97. The molecule has 6 nitrogen and oxygen atoms in total. The van der Waals surface area contributed by atoms with Gasteiger partial charge in [-0.3, -0.25) is 14.4 Å². The molecule has 1 N–H and O–H groups in total. The molecule has 0 atom stereocenters. The van der Waals surface area contributed by atoms with E-state index in [0.29, 0.717) is 32.7 Å². The molecule has 1 heterocycles. The Kier molecular flexibility index (Phi) is 6.14. The maximum absolute atomic E-state index is 12.1. The topological polar surface area (TPSA) is 69.7 Å². The maximum Gasteiger partial charge on any atom is 0.232 e. The van der Waals surface area contributed by atoms with E-state index in [2.05, 4.69) is 5.32 Å². The average molecular weight is 317 g/mol. The Balaban J connectivity index is 1.67. The van der Waals surface area contributed by atoms with Gasteiger partial charge in [0.2, 0.25) is 17.7 Å². The Morgan fingerprint density at radius 1 is 1.00 bits per heavy atom. The van der Waals surface area contributed by atoms with Crippen LogP contribution in [-0.4, -0.2) is 60.2 Å². The first-order chi connectivity index (χ1) is 11.1. The van der Waals surface area contributed by atoms with E-state index in [4.69, 9.17) is 0 Å². The van der Waals surface area contributed by atoms with Crippen molar-refractivity contribution in [1.29, 1.82) is 0 Å². The second kappa shape index (κ2) is 8.31. The van der Waals surface area contributed by atoms with E-state index in [1.807, 2.05) is 30.3 Å². The molecule has 0 radical (unpaired) electrons. The summed E-state index contributed by atoms with van der Waals surface area (Å²) in [5.41, 5.74) is 1.15. The van der Waals surface area contributed by atoms with Crippen LogP contribution in [-0.2, 0) is 20.8 Å². The van der Waals surface area contributed by atoms with Crippen molar-refractivity contribution in [2.75, 3.05) is 32.7 Å². The Labute approximate surface area is 136 Å². The summed E-state index contributed by atoms with van der Waals surface area (Å²) < 4.78 is 0. The fraction of sp³-hybridized carbons (Fsp3) is 0.471. The molecule has 2 rings (SSSR count). The van der Waals surface area contributed by atoms with Gasteiger partial charge in [0.15, 0.2) is 0 Å². The second-order valence-electron chi connectivity index (χ2n) is 5.65. The van der Waals surface area contributed by atoms with Gasteiger partial charge in [0, 0.05) is 39.6 Å². The molecule has 1 aliphatic heterocycles. The molecule has 0 spiro atoms. The van der Waals surface area contributed by atoms with Crippen molar-refractivity contribution in [1.82, 2.24) is 15.1 Å². The zero-order chi connectivity index (χ0) is 16.7. The summed E-state index contributed by atoms with van der Waals surface area (Å²) in [5.74, 6) is -0.402. The molecule has 6 heteroatoms. The van der Waals surface area contributed by atoms with Crippen molar-refractivity contribution in [2.24, 2.45) is 0 Å². The van der Waals surface area contributed by atoms with Crippen LogP contribution in [0.15, 0.2) is 30.3 Å². The molecular weight excluding hydrogens is 294 g/mol. The first kappa shape index (κ1) is 17.0. The normalized spacial score (nSPS) is 14.5. The Morgan fingerprint density at radius 3 is 2.22 bits per heavy atom. The number of rotatable bonds is 5. The Bertz CT molecular complexity index is 551. The van der Waals surface area contributed by atoms with Crippen LogP contribution in [0.1, 0.15) is 18.9 Å². The van der Waals surface area contributed by atoms with Crippen molar-refractivity contribution in [3.63, 3.8) is 0 Å². The fourth-order valence-electron chi connectivity index (χ4n) is 2.57. The molecule has 1 aromatic rings. The first-order valence-corrected chi connectivity index (χ1v) is 7.90. The third-order valence-corrected chi connectivity index (χ3v) is 3.97. The van der Waals surface area contributed by atoms with Crippen LogP contribution in [0.3, 0.4) is 0 Å². The lowest BCUT2D eigenvalue weighted by Gasteiger charge is -2.34. The quantitative estimate of drug-likeness (QED) is 0.801. The summed E-state index contributed by atoms with van der Waals surface area (Å²) >= 11 is 0. The molecule has 0 unspecified atom stereocenters. The minimum absolute atomic E-state index is 0.0238. The maximum atomic E-state index is 12.1. The molecule has 1 aliphatic rings. The lowest BCUT2D eigenvalue weighted by molar-refractivity contribution is -0.141. The largest absolute Gasteiger partial charge is 0.355 e. The summed E-state index contributed by atoms with van der Waals surface area (Å²) in [4.78, 5) is 38.5. The number of piperazine rings is 1. The highest BCUT2D eigenvalue weighted by molar-refractivity contribution is 5.97. The molecule has 124 valence electrons. The van der Waals surface area contributed by atoms with Crippen LogP contribution in [0.5, 0.6) is 0 Å². The van der Waals surface area contributed by atoms with Crippen LogP contribution in [0.4, 0.5) is 0 Å². The molecule has 1 saturated heterocycles. The number of amides is 3. The number of carbonyl (C=O) groups excluding carboxylic acids is 3.